The third-order valence-corrected chi connectivity index (χ3v) is 5.57. The normalized spacial score (nSPS) is 13.2. The van der Waals surface area contributed by atoms with Gasteiger partial charge < -0.3 is 0 Å². The fourth-order valence-electron chi connectivity index (χ4n) is 1.74. The summed E-state index contributed by atoms with van der Waals surface area (Å²) in [6, 6.07) is 7.34. The van der Waals surface area contributed by atoms with Gasteiger partial charge in [0.15, 0.2) is 11.6 Å². The van der Waals surface area contributed by atoms with E-state index in [0.717, 1.165) is 9.78 Å². The van der Waals surface area contributed by atoms with Crippen LogP contribution in [0.4, 0.5) is 0 Å². The molecule has 2 aromatic heterocycles. The zero-order valence-electron chi connectivity index (χ0n) is 11.2. The van der Waals surface area contributed by atoms with Crippen molar-refractivity contribution in [2.24, 2.45) is 5.92 Å². The van der Waals surface area contributed by atoms with Crippen LogP contribution in [0.1, 0.15) is 26.3 Å². The van der Waals surface area contributed by atoms with Gasteiger partial charge in [-0.15, -0.1) is 34.4 Å². The number of thioether (sulfide) groups is 1. The summed E-state index contributed by atoms with van der Waals surface area (Å²) in [5.41, 5.74) is 0. The molecule has 20 heavy (non-hydrogen) atoms. The van der Waals surface area contributed by atoms with E-state index in [-0.39, 0.29) is 17.5 Å². The van der Waals surface area contributed by atoms with Gasteiger partial charge in [0.2, 0.25) is 0 Å². The summed E-state index contributed by atoms with van der Waals surface area (Å²) in [6.45, 7) is 1.85. The highest BCUT2D eigenvalue weighted by atomic mass is 32.2. The Kier molecular flexibility index (Phi) is 5.34. The maximum Gasteiger partial charge on any atom is 0.196 e. The third-order valence-electron chi connectivity index (χ3n) is 2.86. The molecule has 0 aliphatic rings. The largest absolute Gasteiger partial charge is 0.293 e. The van der Waals surface area contributed by atoms with Gasteiger partial charge in [-0.2, -0.15) is 0 Å². The molecule has 0 saturated carbocycles. The predicted octanol–water partition coefficient (Wildman–Crippen LogP) is 4.76. The lowest BCUT2D eigenvalue weighted by Gasteiger charge is -2.11. The molecule has 0 bridgehead atoms. The fraction of sp³-hybridized carbons (Fsp3) is 0.200. The lowest BCUT2D eigenvalue weighted by molar-refractivity contribution is 0.0955. The van der Waals surface area contributed by atoms with Gasteiger partial charge in [0.05, 0.1) is 15.7 Å². The lowest BCUT2D eigenvalue weighted by atomic mass is 10.0. The highest BCUT2D eigenvalue weighted by Gasteiger charge is 2.21. The summed E-state index contributed by atoms with van der Waals surface area (Å²) >= 11 is 4.31. The standard InChI is InChI=1S/C15H14O2S3/c1-10(15(17)13-6-4-8-20-13)14(18-2)9-11(16)12-5-3-7-19-12/h3-10H,1-2H3/b14-9-. The minimum atomic E-state index is -0.285. The molecular formula is C15H14O2S3. The molecule has 0 aliphatic heterocycles. The molecule has 2 aromatic rings. The highest BCUT2D eigenvalue weighted by Crippen LogP contribution is 2.27. The highest BCUT2D eigenvalue weighted by molar-refractivity contribution is 8.02. The summed E-state index contributed by atoms with van der Waals surface area (Å²) in [5, 5.41) is 3.76. The second-order valence-corrected chi connectivity index (χ2v) is 6.93. The summed E-state index contributed by atoms with van der Waals surface area (Å²) < 4.78 is 0. The minimum absolute atomic E-state index is 0.0322. The summed E-state index contributed by atoms with van der Waals surface area (Å²) in [5.74, 6) is -0.248. The maximum absolute atomic E-state index is 12.3. The molecule has 0 saturated heterocycles. The van der Waals surface area contributed by atoms with Crippen molar-refractivity contribution in [1.29, 1.82) is 0 Å². The molecule has 5 heteroatoms. The second-order valence-electron chi connectivity index (χ2n) is 4.16. The van der Waals surface area contributed by atoms with Crippen molar-refractivity contribution in [3.8, 4) is 0 Å². The molecule has 2 nitrogen and oxygen atoms in total. The number of carbonyl (C=O) groups is 2. The van der Waals surface area contributed by atoms with Crippen LogP contribution in [-0.4, -0.2) is 17.8 Å². The van der Waals surface area contributed by atoms with Crippen LogP contribution < -0.4 is 0 Å². The smallest absolute Gasteiger partial charge is 0.196 e. The number of Topliss-reactive ketones (excluding diaryl/α,β-unsaturated/α-hetero) is 1. The van der Waals surface area contributed by atoms with E-state index in [1.165, 1.54) is 34.4 Å². The first-order valence-electron chi connectivity index (χ1n) is 6.04. The van der Waals surface area contributed by atoms with Crippen LogP contribution in [0.25, 0.3) is 0 Å². The predicted molar refractivity (Wildman–Crippen MR) is 88.1 cm³/mol. The average Bonchev–Trinajstić information content (AvgIpc) is 3.15. The first-order chi connectivity index (χ1) is 9.63. The first kappa shape index (κ1) is 15.2. The molecule has 1 atom stereocenters. The van der Waals surface area contributed by atoms with Crippen molar-refractivity contribution in [3.05, 3.63) is 55.8 Å². The van der Waals surface area contributed by atoms with Crippen LogP contribution in [0.3, 0.4) is 0 Å². The van der Waals surface area contributed by atoms with E-state index < -0.39 is 0 Å². The molecule has 2 heterocycles. The third kappa shape index (κ3) is 3.48. The van der Waals surface area contributed by atoms with Gasteiger partial charge in [0.1, 0.15) is 0 Å². The number of carbonyl (C=O) groups excluding carboxylic acids is 2. The van der Waals surface area contributed by atoms with Crippen LogP contribution in [0.5, 0.6) is 0 Å². The molecule has 2 rings (SSSR count). The Morgan fingerprint density at radius 1 is 1.15 bits per heavy atom. The van der Waals surface area contributed by atoms with Crippen LogP contribution in [0.2, 0.25) is 0 Å². The topological polar surface area (TPSA) is 34.1 Å². The molecule has 1 unspecified atom stereocenters. The van der Waals surface area contributed by atoms with Crippen LogP contribution in [0, 0.1) is 5.92 Å². The van der Waals surface area contributed by atoms with Crippen molar-refractivity contribution >= 4 is 46.0 Å². The molecule has 0 radical (unpaired) electrons. The molecule has 0 aromatic carbocycles. The number of thiophene rings is 2. The van der Waals surface area contributed by atoms with Crippen molar-refractivity contribution in [1.82, 2.24) is 0 Å². The van der Waals surface area contributed by atoms with Gasteiger partial charge in [-0.1, -0.05) is 19.1 Å². The first-order valence-corrected chi connectivity index (χ1v) is 9.03. The van der Waals surface area contributed by atoms with Crippen LogP contribution >= 0.6 is 34.4 Å². The van der Waals surface area contributed by atoms with Gasteiger partial charge in [-0.3, -0.25) is 9.59 Å². The number of ketones is 2. The lowest BCUT2D eigenvalue weighted by Crippen LogP contribution is -2.12. The van der Waals surface area contributed by atoms with E-state index in [0.29, 0.717) is 4.88 Å². The Morgan fingerprint density at radius 2 is 1.75 bits per heavy atom. The molecule has 0 fully saturated rings. The molecule has 0 N–H and O–H groups in total. The van der Waals surface area contributed by atoms with Gasteiger partial charge in [0, 0.05) is 0 Å². The Bertz CT molecular complexity index is 610. The molecule has 0 aliphatic carbocycles. The van der Waals surface area contributed by atoms with Crippen molar-refractivity contribution in [2.75, 3.05) is 6.26 Å². The number of hydrogen-bond donors (Lipinski definition) is 0. The van der Waals surface area contributed by atoms with Crippen molar-refractivity contribution < 1.29 is 9.59 Å². The maximum atomic E-state index is 12.3. The number of allylic oxidation sites excluding steroid dienone is 2. The van der Waals surface area contributed by atoms with Crippen LogP contribution in [-0.2, 0) is 0 Å². The van der Waals surface area contributed by atoms with Gasteiger partial charge in [0.25, 0.3) is 0 Å². The van der Waals surface area contributed by atoms with Crippen molar-refractivity contribution in [2.45, 2.75) is 6.92 Å². The Balaban J connectivity index is 2.19. The average molecular weight is 322 g/mol. The van der Waals surface area contributed by atoms with Crippen molar-refractivity contribution in [3.63, 3.8) is 0 Å². The quantitative estimate of drug-likeness (QED) is 0.568. The van der Waals surface area contributed by atoms with Crippen LogP contribution in [0.15, 0.2) is 46.0 Å². The Hall–Kier alpha value is -1.17. The zero-order chi connectivity index (χ0) is 14.5. The number of hydrogen-bond acceptors (Lipinski definition) is 5. The fourth-order valence-corrected chi connectivity index (χ4v) is 3.82. The Morgan fingerprint density at radius 3 is 2.25 bits per heavy atom. The molecule has 104 valence electrons. The SMILES string of the molecule is CS/C(=C\C(=O)c1cccs1)C(C)C(=O)c1cccs1. The van der Waals surface area contributed by atoms with E-state index >= 15 is 0 Å². The summed E-state index contributed by atoms with van der Waals surface area (Å²) in [7, 11) is 0. The van der Waals surface area contributed by atoms with E-state index in [1.807, 2.05) is 42.1 Å². The monoisotopic (exact) mass is 322 g/mol. The summed E-state index contributed by atoms with van der Waals surface area (Å²) in [4.78, 5) is 26.7. The van der Waals surface area contributed by atoms with Gasteiger partial charge in [-0.25, -0.2) is 0 Å². The number of rotatable bonds is 6. The molecule has 0 spiro atoms. The molecule has 0 amide bonds. The van der Waals surface area contributed by atoms with E-state index in [9.17, 15) is 9.59 Å². The van der Waals surface area contributed by atoms with E-state index in [1.54, 1.807) is 12.1 Å². The van der Waals surface area contributed by atoms with E-state index in [4.69, 9.17) is 0 Å². The van der Waals surface area contributed by atoms with Gasteiger partial charge >= 0.3 is 0 Å². The Labute approximate surface area is 130 Å². The van der Waals surface area contributed by atoms with E-state index in [2.05, 4.69) is 0 Å². The zero-order valence-corrected chi connectivity index (χ0v) is 13.6. The molecular weight excluding hydrogens is 308 g/mol. The van der Waals surface area contributed by atoms with Gasteiger partial charge in [-0.05, 0) is 40.1 Å². The summed E-state index contributed by atoms with van der Waals surface area (Å²) in [6.07, 6.45) is 3.48. The minimum Gasteiger partial charge on any atom is -0.293 e. The second kappa shape index (κ2) is 7.02.